The van der Waals surface area contributed by atoms with Crippen LogP contribution in [0.2, 0.25) is 5.04 Å². The number of ether oxygens (including phenoxy) is 1. The zero-order valence-electron chi connectivity index (χ0n) is 21.0. The van der Waals surface area contributed by atoms with Crippen LogP contribution in [-0.4, -0.2) is 41.6 Å². The highest BCUT2D eigenvalue weighted by molar-refractivity contribution is 14.1. The molecule has 0 radical (unpaired) electrons. The highest BCUT2D eigenvalue weighted by Crippen LogP contribution is 2.39. The van der Waals surface area contributed by atoms with E-state index in [4.69, 9.17) is 14.9 Å². The highest BCUT2D eigenvalue weighted by atomic mass is 127. The normalized spacial score (nSPS) is 20.4. The molecule has 3 unspecified atom stereocenters. The average Bonchev–Trinajstić information content (AvgIpc) is 3.46. The Kier molecular flexibility index (Phi) is 7.18. The molecule has 2 aromatic heterocycles. The maximum atomic E-state index is 11.9. The number of benzene rings is 2. The summed E-state index contributed by atoms with van der Waals surface area (Å²) in [4.78, 5) is 20.5. The van der Waals surface area contributed by atoms with Crippen molar-refractivity contribution in [3.63, 3.8) is 0 Å². The largest absolute Gasteiger partial charge is 0.405 e. The molecule has 3 atom stereocenters. The molecular formula is C27H30IN5O3Si. The third-order valence-electron chi connectivity index (χ3n) is 7.12. The lowest BCUT2D eigenvalue weighted by Gasteiger charge is -2.43. The summed E-state index contributed by atoms with van der Waals surface area (Å²) < 4.78 is 16.3. The summed E-state index contributed by atoms with van der Waals surface area (Å²) in [5.74, 6) is 0.419. The van der Waals surface area contributed by atoms with E-state index in [1.54, 1.807) is 0 Å². The maximum Gasteiger partial charge on any atom is 0.261 e. The quantitative estimate of drug-likeness (QED) is 0.182. The van der Waals surface area contributed by atoms with Crippen LogP contribution in [0, 0.1) is 8.48 Å². The van der Waals surface area contributed by atoms with Crippen molar-refractivity contribution in [2.75, 3.05) is 12.3 Å². The Morgan fingerprint density at radius 2 is 1.73 bits per heavy atom. The van der Waals surface area contributed by atoms with Crippen molar-refractivity contribution in [2.45, 2.75) is 50.6 Å². The van der Waals surface area contributed by atoms with E-state index < -0.39 is 26.7 Å². The van der Waals surface area contributed by atoms with Gasteiger partial charge in [-0.05, 0) is 38.0 Å². The fourth-order valence-corrected chi connectivity index (χ4v) is 10.8. The first kappa shape index (κ1) is 26.0. The summed E-state index contributed by atoms with van der Waals surface area (Å²) in [5, 5.41) is 6.41. The molecule has 0 spiro atoms. The number of anilines is 1. The van der Waals surface area contributed by atoms with E-state index in [0.29, 0.717) is 17.9 Å². The number of fused-ring (bicyclic) bond motifs is 1. The fraction of sp³-hybridized carbons (Fsp3) is 0.333. The smallest absolute Gasteiger partial charge is 0.261 e. The van der Waals surface area contributed by atoms with Crippen LogP contribution in [0.4, 0.5) is 5.82 Å². The Bertz CT molecular complexity index is 1350. The molecule has 37 heavy (non-hydrogen) atoms. The number of nitrogen functional groups attached to an aromatic ring is 1. The topological polar surface area (TPSA) is 105 Å². The van der Waals surface area contributed by atoms with Crippen molar-refractivity contribution < 1.29 is 9.16 Å². The van der Waals surface area contributed by atoms with Crippen molar-refractivity contribution >= 4 is 58.1 Å². The number of nitrogens with zero attached hydrogens (tertiary/aromatic N) is 4. The molecule has 0 bridgehead atoms. The third-order valence-corrected chi connectivity index (χ3v) is 12.9. The number of hydrogen-bond acceptors (Lipinski definition) is 7. The summed E-state index contributed by atoms with van der Waals surface area (Å²) in [5.41, 5.74) is 6.78. The second-order valence-electron chi connectivity index (χ2n) is 10.4. The number of aromatic nitrogens is 3. The summed E-state index contributed by atoms with van der Waals surface area (Å²) in [6.45, 7) is 6.94. The first-order valence-electron chi connectivity index (χ1n) is 12.3. The lowest BCUT2D eigenvalue weighted by atomic mass is 10.1. The number of hydrogen-bond donors (Lipinski definition) is 1. The SMILES string of the molecule is CC(C)(C)[Si](OCC1OC(n2cc(I)c3c(N)ncnc32)CC1N=O)(c1ccccc1)c1ccccc1. The van der Waals surface area contributed by atoms with Crippen LogP contribution in [0.15, 0.2) is 78.4 Å². The molecule has 4 aromatic rings. The monoisotopic (exact) mass is 627 g/mol. The van der Waals surface area contributed by atoms with Gasteiger partial charge in [0.05, 0.1) is 12.0 Å². The number of nitrogens with two attached hydrogens (primary N) is 1. The highest BCUT2D eigenvalue weighted by Gasteiger charge is 2.51. The average molecular weight is 628 g/mol. The van der Waals surface area contributed by atoms with Crippen molar-refractivity contribution in [3.8, 4) is 0 Å². The van der Waals surface area contributed by atoms with Crippen LogP contribution < -0.4 is 16.1 Å². The molecule has 10 heteroatoms. The van der Waals surface area contributed by atoms with Crippen LogP contribution in [0.1, 0.15) is 33.4 Å². The van der Waals surface area contributed by atoms with Crippen molar-refractivity contribution in [3.05, 3.63) is 81.7 Å². The summed E-state index contributed by atoms with van der Waals surface area (Å²) in [7, 11) is -2.78. The van der Waals surface area contributed by atoms with E-state index in [0.717, 1.165) is 8.96 Å². The van der Waals surface area contributed by atoms with Gasteiger partial charge in [0.15, 0.2) is 0 Å². The van der Waals surface area contributed by atoms with Crippen molar-refractivity contribution in [1.82, 2.24) is 14.5 Å². The lowest BCUT2D eigenvalue weighted by molar-refractivity contribution is -0.0198. The molecular weight excluding hydrogens is 597 g/mol. The Labute approximate surface area is 230 Å². The summed E-state index contributed by atoms with van der Waals surface area (Å²) >= 11 is 2.22. The van der Waals surface area contributed by atoms with Crippen LogP contribution >= 0.6 is 22.6 Å². The molecule has 192 valence electrons. The molecule has 0 aliphatic carbocycles. The molecule has 0 saturated carbocycles. The Balaban J connectivity index is 1.49. The van der Waals surface area contributed by atoms with Gasteiger partial charge in [0.1, 0.15) is 36.2 Å². The molecule has 1 fully saturated rings. The van der Waals surface area contributed by atoms with Crippen molar-refractivity contribution in [2.24, 2.45) is 5.18 Å². The zero-order chi connectivity index (χ0) is 26.2. The molecule has 3 heterocycles. The Morgan fingerprint density at radius 3 is 2.30 bits per heavy atom. The van der Waals surface area contributed by atoms with E-state index in [1.165, 1.54) is 16.7 Å². The van der Waals surface area contributed by atoms with Crippen LogP contribution in [-0.2, 0) is 9.16 Å². The van der Waals surface area contributed by atoms with Crippen LogP contribution in [0.5, 0.6) is 0 Å². The van der Waals surface area contributed by atoms with Gasteiger partial charge >= 0.3 is 0 Å². The van der Waals surface area contributed by atoms with Gasteiger partial charge in [-0.2, -0.15) is 4.91 Å². The second-order valence-corrected chi connectivity index (χ2v) is 15.8. The maximum absolute atomic E-state index is 11.9. The molecule has 5 rings (SSSR count). The standard InChI is InChI=1S/C27H30IN5O3Si/c1-27(2,3)37(18-10-6-4-7-11-18,19-12-8-5-9-13-19)35-16-22-21(32-34)14-23(36-22)33-15-20(28)24-25(29)30-17-31-26(24)33/h4-13,15,17,21-23H,14,16H2,1-3H3,(H2,29,30,31). The molecule has 8 nitrogen and oxygen atoms in total. The molecule has 1 saturated heterocycles. The van der Waals surface area contributed by atoms with E-state index in [-0.39, 0.29) is 11.6 Å². The van der Waals surface area contributed by atoms with E-state index in [9.17, 15) is 4.91 Å². The molecule has 1 aliphatic rings. The van der Waals surface area contributed by atoms with Gasteiger partial charge in [-0.15, -0.1) is 0 Å². The van der Waals surface area contributed by atoms with Gasteiger partial charge in [-0.1, -0.05) is 86.6 Å². The predicted molar refractivity (Wildman–Crippen MR) is 156 cm³/mol. The number of rotatable bonds is 7. The summed E-state index contributed by atoms with van der Waals surface area (Å²) in [6, 6.07) is 20.3. The van der Waals surface area contributed by atoms with Gasteiger partial charge in [0.25, 0.3) is 8.32 Å². The first-order chi connectivity index (χ1) is 17.8. The van der Waals surface area contributed by atoms with Crippen LogP contribution in [0.3, 0.4) is 0 Å². The minimum atomic E-state index is -2.78. The van der Waals surface area contributed by atoms with Gasteiger partial charge < -0.3 is 19.5 Å². The summed E-state index contributed by atoms with van der Waals surface area (Å²) in [6.07, 6.45) is 2.92. The Morgan fingerprint density at radius 1 is 1.11 bits per heavy atom. The predicted octanol–water partition coefficient (Wildman–Crippen LogP) is 4.62. The first-order valence-corrected chi connectivity index (χ1v) is 15.2. The van der Waals surface area contributed by atoms with Crippen LogP contribution in [0.25, 0.3) is 11.0 Å². The molecule has 1 aliphatic heterocycles. The minimum Gasteiger partial charge on any atom is -0.405 e. The Hall–Kier alpha value is -2.67. The molecule has 2 N–H and O–H groups in total. The minimum absolute atomic E-state index is 0.182. The fourth-order valence-electron chi connectivity index (χ4n) is 5.40. The van der Waals surface area contributed by atoms with E-state index in [2.05, 4.69) is 107 Å². The zero-order valence-corrected chi connectivity index (χ0v) is 24.2. The van der Waals surface area contributed by atoms with Gasteiger partial charge in [0.2, 0.25) is 0 Å². The van der Waals surface area contributed by atoms with E-state index >= 15 is 0 Å². The van der Waals surface area contributed by atoms with Crippen molar-refractivity contribution in [1.29, 1.82) is 0 Å². The number of halogens is 1. The second kappa shape index (κ2) is 10.2. The molecule has 2 aromatic carbocycles. The number of nitroso groups, excluding NO2 is 1. The van der Waals surface area contributed by atoms with Gasteiger partial charge in [0, 0.05) is 16.2 Å². The third kappa shape index (κ3) is 4.60. The molecule has 0 amide bonds. The van der Waals surface area contributed by atoms with Gasteiger partial charge in [-0.3, -0.25) is 0 Å². The van der Waals surface area contributed by atoms with Gasteiger partial charge in [-0.25, -0.2) is 9.97 Å². The lowest BCUT2D eigenvalue weighted by Crippen LogP contribution is -2.67. The van der Waals surface area contributed by atoms with E-state index in [1.807, 2.05) is 22.9 Å².